The maximum atomic E-state index is 11.0. The van der Waals surface area contributed by atoms with Crippen molar-refractivity contribution in [3.8, 4) is 0 Å². The first kappa shape index (κ1) is 15.3. The van der Waals surface area contributed by atoms with E-state index in [4.69, 9.17) is 5.11 Å². The number of nitro groups is 1. The van der Waals surface area contributed by atoms with E-state index in [1.54, 1.807) is 0 Å². The van der Waals surface area contributed by atoms with E-state index in [2.05, 4.69) is 5.32 Å². The predicted molar refractivity (Wildman–Crippen MR) is 79.7 cm³/mol. The van der Waals surface area contributed by atoms with Crippen molar-refractivity contribution in [1.29, 1.82) is 0 Å². The molecule has 0 unspecified atom stereocenters. The summed E-state index contributed by atoms with van der Waals surface area (Å²) in [6.45, 7) is 0.634. The van der Waals surface area contributed by atoms with Crippen LogP contribution in [-0.4, -0.2) is 22.5 Å². The van der Waals surface area contributed by atoms with Crippen LogP contribution in [0.2, 0.25) is 0 Å². The standard InChI is InChI=1S/C15H20N2O4/c18-15(19)12-6-7-14(17(20)21)13(10-12)16-9-8-11-4-2-1-3-5-11/h6-7,10-11,16H,1-5,8-9H2,(H,18,19). The van der Waals surface area contributed by atoms with Crippen LogP contribution in [0.25, 0.3) is 0 Å². The van der Waals surface area contributed by atoms with Gasteiger partial charge < -0.3 is 10.4 Å². The normalized spacial score (nSPS) is 15.6. The van der Waals surface area contributed by atoms with Gasteiger partial charge in [-0.25, -0.2) is 4.79 Å². The molecule has 0 heterocycles. The van der Waals surface area contributed by atoms with Crippen molar-refractivity contribution >= 4 is 17.3 Å². The Morgan fingerprint density at radius 2 is 2.05 bits per heavy atom. The number of carboxylic acid groups (broad SMARTS) is 1. The summed E-state index contributed by atoms with van der Waals surface area (Å²) >= 11 is 0. The first-order chi connectivity index (χ1) is 10.1. The van der Waals surface area contributed by atoms with Gasteiger partial charge in [0.05, 0.1) is 10.5 Å². The Kier molecular flexibility index (Phi) is 5.14. The number of nitro benzene ring substituents is 1. The monoisotopic (exact) mass is 292 g/mol. The lowest BCUT2D eigenvalue weighted by atomic mass is 9.87. The van der Waals surface area contributed by atoms with Gasteiger partial charge in [0.1, 0.15) is 5.69 Å². The number of nitrogens with zero attached hydrogens (tertiary/aromatic N) is 1. The lowest BCUT2D eigenvalue weighted by Gasteiger charge is -2.21. The molecule has 0 saturated heterocycles. The Hall–Kier alpha value is -2.11. The second kappa shape index (κ2) is 7.06. The number of aromatic carboxylic acids is 1. The minimum absolute atomic E-state index is 0.0563. The Balaban J connectivity index is 2.00. The molecular weight excluding hydrogens is 272 g/mol. The van der Waals surface area contributed by atoms with E-state index in [-0.39, 0.29) is 16.9 Å². The summed E-state index contributed by atoms with van der Waals surface area (Å²) in [6.07, 6.45) is 7.24. The van der Waals surface area contributed by atoms with Gasteiger partial charge in [-0.05, 0) is 24.5 Å². The van der Waals surface area contributed by atoms with Crippen LogP contribution >= 0.6 is 0 Å². The largest absolute Gasteiger partial charge is 0.478 e. The number of hydrogen-bond donors (Lipinski definition) is 2. The molecule has 2 rings (SSSR count). The summed E-state index contributed by atoms with van der Waals surface area (Å²) in [4.78, 5) is 21.5. The number of anilines is 1. The van der Waals surface area contributed by atoms with Crippen LogP contribution in [-0.2, 0) is 0 Å². The molecule has 1 aromatic carbocycles. The summed E-state index contributed by atoms with van der Waals surface area (Å²) in [6, 6.07) is 3.83. The lowest BCUT2D eigenvalue weighted by molar-refractivity contribution is -0.384. The number of nitrogens with one attached hydrogen (secondary N) is 1. The van der Waals surface area contributed by atoms with Gasteiger partial charge in [0.15, 0.2) is 0 Å². The highest BCUT2D eigenvalue weighted by Gasteiger charge is 2.17. The van der Waals surface area contributed by atoms with Gasteiger partial charge in [-0.2, -0.15) is 0 Å². The molecule has 0 radical (unpaired) electrons. The van der Waals surface area contributed by atoms with Crippen LogP contribution in [0.4, 0.5) is 11.4 Å². The number of hydrogen-bond acceptors (Lipinski definition) is 4. The molecule has 1 fully saturated rings. The SMILES string of the molecule is O=C(O)c1ccc([N+](=O)[O-])c(NCCC2CCCCC2)c1. The fourth-order valence-corrected chi connectivity index (χ4v) is 2.86. The van der Waals surface area contributed by atoms with Gasteiger partial charge in [0.25, 0.3) is 5.69 Å². The van der Waals surface area contributed by atoms with Crippen LogP contribution in [0.15, 0.2) is 18.2 Å². The molecule has 6 heteroatoms. The van der Waals surface area contributed by atoms with E-state index in [0.717, 1.165) is 6.42 Å². The molecule has 0 aliphatic heterocycles. The quantitative estimate of drug-likeness (QED) is 0.616. The maximum Gasteiger partial charge on any atom is 0.335 e. The molecule has 6 nitrogen and oxygen atoms in total. The van der Waals surface area contributed by atoms with Crippen LogP contribution in [0.5, 0.6) is 0 Å². The Labute approximate surface area is 123 Å². The minimum atomic E-state index is -1.08. The average molecular weight is 292 g/mol. The highest BCUT2D eigenvalue weighted by molar-refractivity contribution is 5.90. The van der Waals surface area contributed by atoms with Gasteiger partial charge in [-0.15, -0.1) is 0 Å². The summed E-state index contributed by atoms with van der Waals surface area (Å²) in [5.41, 5.74) is 0.264. The number of carboxylic acids is 1. The third-order valence-corrected chi connectivity index (χ3v) is 4.03. The first-order valence-electron chi connectivity index (χ1n) is 7.33. The molecular formula is C15H20N2O4. The van der Waals surface area contributed by atoms with Crippen molar-refractivity contribution in [3.63, 3.8) is 0 Å². The highest BCUT2D eigenvalue weighted by Crippen LogP contribution is 2.28. The molecule has 1 saturated carbocycles. The minimum Gasteiger partial charge on any atom is -0.478 e. The fourth-order valence-electron chi connectivity index (χ4n) is 2.86. The zero-order chi connectivity index (χ0) is 15.2. The smallest absolute Gasteiger partial charge is 0.335 e. The van der Waals surface area contributed by atoms with Gasteiger partial charge in [-0.3, -0.25) is 10.1 Å². The number of carbonyl (C=O) groups is 1. The van der Waals surface area contributed by atoms with Gasteiger partial charge in [-0.1, -0.05) is 32.1 Å². The second-order valence-electron chi connectivity index (χ2n) is 5.51. The van der Waals surface area contributed by atoms with E-state index >= 15 is 0 Å². The van der Waals surface area contributed by atoms with Crippen LogP contribution < -0.4 is 5.32 Å². The Bertz CT molecular complexity index is 524. The van der Waals surface area contributed by atoms with Crippen molar-refractivity contribution < 1.29 is 14.8 Å². The van der Waals surface area contributed by atoms with Crippen molar-refractivity contribution in [1.82, 2.24) is 0 Å². The van der Waals surface area contributed by atoms with Crippen LogP contribution in [0, 0.1) is 16.0 Å². The van der Waals surface area contributed by atoms with Crippen molar-refractivity contribution in [3.05, 3.63) is 33.9 Å². The van der Waals surface area contributed by atoms with E-state index in [9.17, 15) is 14.9 Å². The highest BCUT2D eigenvalue weighted by atomic mass is 16.6. The van der Waals surface area contributed by atoms with Crippen LogP contribution in [0.3, 0.4) is 0 Å². The summed E-state index contributed by atoms with van der Waals surface area (Å²) < 4.78 is 0. The number of rotatable bonds is 6. The average Bonchev–Trinajstić information content (AvgIpc) is 2.48. The summed E-state index contributed by atoms with van der Waals surface area (Å²) in [5.74, 6) is -0.409. The number of benzene rings is 1. The van der Waals surface area contributed by atoms with Gasteiger partial charge in [0, 0.05) is 12.6 Å². The summed E-state index contributed by atoms with van der Waals surface area (Å²) in [7, 11) is 0. The zero-order valence-corrected chi connectivity index (χ0v) is 11.9. The van der Waals surface area contributed by atoms with E-state index in [0.29, 0.717) is 12.5 Å². The van der Waals surface area contributed by atoms with Crippen molar-refractivity contribution in [2.45, 2.75) is 38.5 Å². The Morgan fingerprint density at radius 1 is 1.33 bits per heavy atom. The first-order valence-corrected chi connectivity index (χ1v) is 7.33. The topological polar surface area (TPSA) is 92.5 Å². The molecule has 0 atom stereocenters. The van der Waals surface area contributed by atoms with Crippen molar-refractivity contribution in [2.75, 3.05) is 11.9 Å². The molecule has 2 N–H and O–H groups in total. The summed E-state index contributed by atoms with van der Waals surface area (Å²) in [5, 5.41) is 23.0. The second-order valence-corrected chi connectivity index (χ2v) is 5.51. The van der Waals surface area contributed by atoms with Gasteiger partial charge >= 0.3 is 5.97 Å². The maximum absolute atomic E-state index is 11.0. The Morgan fingerprint density at radius 3 is 2.67 bits per heavy atom. The molecule has 0 spiro atoms. The molecule has 1 aliphatic rings. The molecule has 0 bridgehead atoms. The van der Waals surface area contributed by atoms with Crippen LogP contribution in [0.1, 0.15) is 48.9 Å². The third kappa shape index (κ3) is 4.18. The van der Waals surface area contributed by atoms with E-state index < -0.39 is 10.9 Å². The fraction of sp³-hybridized carbons (Fsp3) is 0.533. The zero-order valence-electron chi connectivity index (χ0n) is 11.9. The molecule has 1 aromatic rings. The molecule has 21 heavy (non-hydrogen) atoms. The molecule has 0 aromatic heterocycles. The molecule has 114 valence electrons. The predicted octanol–water partition coefficient (Wildman–Crippen LogP) is 3.68. The van der Waals surface area contributed by atoms with E-state index in [1.807, 2.05) is 0 Å². The van der Waals surface area contributed by atoms with Gasteiger partial charge in [0.2, 0.25) is 0 Å². The third-order valence-electron chi connectivity index (χ3n) is 4.03. The molecule has 0 amide bonds. The van der Waals surface area contributed by atoms with E-state index in [1.165, 1.54) is 50.3 Å². The lowest BCUT2D eigenvalue weighted by Crippen LogP contribution is -2.13. The molecule has 1 aliphatic carbocycles. The van der Waals surface area contributed by atoms with Crippen molar-refractivity contribution in [2.24, 2.45) is 5.92 Å².